The predicted molar refractivity (Wildman–Crippen MR) is 81.4 cm³/mol. The number of nitrogens with zero attached hydrogens (tertiary/aromatic N) is 5. The summed E-state index contributed by atoms with van der Waals surface area (Å²) in [7, 11) is 1.93. The summed E-state index contributed by atoms with van der Waals surface area (Å²) < 4.78 is 1.82. The Balaban J connectivity index is 1.77. The first-order valence-corrected chi connectivity index (χ1v) is 6.99. The molecule has 3 aromatic rings. The Morgan fingerprint density at radius 2 is 1.95 bits per heavy atom. The van der Waals surface area contributed by atoms with Crippen LogP contribution in [0.25, 0.3) is 11.3 Å². The van der Waals surface area contributed by atoms with Gasteiger partial charge in [-0.05, 0) is 6.07 Å². The van der Waals surface area contributed by atoms with Crippen LogP contribution in [0.3, 0.4) is 0 Å². The van der Waals surface area contributed by atoms with Crippen LogP contribution in [0.5, 0.6) is 0 Å². The van der Waals surface area contributed by atoms with Crippen LogP contribution in [0.4, 0.5) is 11.4 Å². The number of aryl methyl sites for hydroxylation is 1. The predicted octanol–water partition coefficient (Wildman–Crippen LogP) is 2.57. The fourth-order valence-electron chi connectivity index (χ4n) is 2.72. The fourth-order valence-corrected chi connectivity index (χ4v) is 2.72. The number of aromatic nitrogens is 4. The number of rotatable bonds is 2. The van der Waals surface area contributed by atoms with E-state index in [1.165, 1.54) is 0 Å². The van der Waals surface area contributed by atoms with E-state index in [4.69, 9.17) is 0 Å². The van der Waals surface area contributed by atoms with E-state index in [9.17, 15) is 0 Å². The maximum absolute atomic E-state index is 4.40. The van der Waals surface area contributed by atoms with E-state index in [0.29, 0.717) is 0 Å². The first-order chi connectivity index (χ1) is 10.3. The lowest BCUT2D eigenvalue weighted by atomic mass is 10.1. The average molecular weight is 277 g/mol. The second-order valence-electron chi connectivity index (χ2n) is 5.20. The second kappa shape index (κ2) is 4.70. The van der Waals surface area contributed by atoms with E-state index in [1.54, 1.807) is 0 Å². The topological polar surface area (TPSA) is 46.8 Å². The summed E-state index contributed by atoms with van der Waals surface area (Å²) >= 11 is 0. The lowest BCUT2D eigenvalue weighted by Crippen LogP contribution is -2.12. The second-order valence-corrected chi connectivity index (χ2v) is 5.20. The van der Waals surface area contributed by atoms with Crippen molar-refractivity contribution in [1.29, 1.82) is 0 Å². The first kappa shape index (κ1) is 12.1. The summed E-state index contributed by atoms with van der Waals surface area (Å²) in [5.41, 5.74) is 5.29. The summed E-state index contributed by atoms with van der Waals surface area (Å²) in [6.07, 6.45) is 4.84. The lowest BCUT2D eigenvalue weighted by Gasteiger charge is -2.16. The molecule has 1 aliphatic rings. The Kier molecular flexibility index (Phi) is 2.70. The molecular weight excluding hydrogens is 262 g/mol. The number of fused-ring (bicyclic) bond motifs is 1. The van der Waals surface area contributed by atoms with Gasteiger partial charge in [0.05, 0.1) is 29.0 Å². The van der Waals surface area contributed by atoms with Gasteiger partial charge in [0.1, 0.15) is 0 Å². The van der Waals surface area contributed by atoms with Crippen molar-refractivity contribution >= 4 is 11.4 Å². The number of anilines is 2. The number of benzene rings is 1. The van der Waals surface area contributed by atoms with Gasteiger partial charge in [-0.25, -0.2) is 0 Å². The first-order valence-electron chi connectivity index (χ1n) is 6.99. The van der Waals surface area contributed by atoms with Gasteiger partial charge in [0.25, 0.3) is 0 Å². The Labute approximate surface area is 122 Å². The highest BCUT2D eigenvalue weighted by Gasteiger charge is 2.24. The van der Waals surface area contributed by atoms with E-state index in [1.807, 2.05) is 42.3 Å². The monoisotopic (exact) mass is 277 g/mol. The summed E-state index contributed by atoms with van der Waals surface area (Å²) in [6, 6.07) is 12.3. The van der Waals surface area contributed by atoms with Crippen molar-refractivity contribution in [3.05, 3.63) is 54.5 Å². The van der Waals surface area contributed by atoms with Crippen LogP contribution in [0, 0.1) is 0 Å². The maximum atomic E-state index is 4.40. The number of hydrogen-bond acceptors (Lipinski definition) is 4. The van der Waals surface area contributed by atoms with E-state index in [2.05, 4.69) is 38.4 Å². The van der Waals surface area contributed by atoms with E-state index >= 15 is 0 Å². The van der Waals surface area contributed by atoms with Gasteiger partial charge in [0.2, 0.25) is 0 Å². The third-order valence-corrected chi connectivity index (χ3v) is 3.78. The molecule has 0 saturated carbocycles. The van der Waals surface area contributed by atoms with Crippen molar-refractivity contribution in [2.75, 3.05) is 11.4 Å². The van der Waals surface area contributed by atoms with Crippen LogP contribution in [-0.2, 0) is 13.5 Å². The zero-order valence-corrected chi connectivity index (χ0v) is 11.8. The molecule has 3 heterocycles. The standard InChI is InChI=1S/C16H15N5/c1-20-11-13(10-17-20)21-8-7-14-16(21)9-15(19-18-14)12-5-3-2-4-6-12/h2-6,9-11H,7-8H2,1H3. The molecule has 0 unspecified atom stereocenters. The quantitative estimate of drug-likeness (QED) is 0.722. The number of hydrogen-bond donors (Lipinski definition) is 0. The summed E-state index contributed by atoms with van der Waals surface area (Å²) in [4.78, 5) is 2.25. The minimum atomic E-state index is 0.908. The molecule has 1 aliphatic heterocycles. The molecule has 104 valence electrons. The van der Waals surface area contributed by atoms with Crippen LogP contribution in [0.15, 0.2) is 48.8 Å². The molecular formula is C16H15N5. The molecule has 1 aromatic carbocycles. The molecule has 0 bridgehead atoms. The maximum Gasteiger partial charge on any atom is 0.0950 e. The summed E-state index contributed by atoms with van der Waals surface area (Å²) in [5, 5.41) is 13.0. The highest BCUT2D eigenvalue weighted by atomic mass is 15.3. The van der Waals surface area contributed by atoms with Crippen molar-refractivity contribution < 1.29 is 0 Å². The molecule has 0 radical (unpaired) electrons. The van der Waals surface area contributed by atoms with Crippen LogP contribution < -0.4 is 4.90 Å². The van der Waals surface area contributed by atoms with Gasteiger partial charge in [-0.2, -0.15) is 15.3 Å². The Bertz CT molecular complexity index is 778. The molecule has 0 amide bonds. The highest BCUT2D eigenvalue weighted by molar-refractivity contribution is 5.72. The Morgan fingerprint density at radius 3 is 2.71 bits per heavy atom. The van der Waals surface area contributed by atoms with Gasteiger partial charge < -0.3 is 4.90 Å². The minimum absolute atomic E-state index is 0.908. The molecule has 0 aliphatic carbocycles. The zero-order chi connectivity index (χ0) is 14.2. The van der Waals surface area contributed by atoms with E-state index < -0.39 is 0 Å². The third-order valence-electron chi connectivity index (χ3n) is 3.78. The van der Waals surface area contributed by atoms with Crippen LogP contribution in [0.1, 0.15) is 5.69 Å². The molecule has 5 heteroatoms. The molecule has 0 saturated heterocycles. The van der Waals surface area contributed by atoms with E-state index in [-0.39, 0.29) is 0 Å². The van der Waals surface area contributed by atoms with Crippen molar-refractivity contribution in [3.8, 4) is 11.3 Å². The molecule has 0 fully saturated rings. The van der Waals surface area contributed by atoms with Gasteiger partial charge in [-0.15, -0.1) is 0 Å². The lowest BCUT2D eigenvalue weighted by molar-refractivity contribution is 0.767. The van der Waals surface area contributed by atoms with Crippen LogP contribution in [-0.4, -0.2) is 26.5 Å². The smallest absolute Gasteiger partial charge is 0.0950 e. The molecule has 21 heavy (non-hydrogen) atoms. The molecule has 2 aromatic heterocycles. The van der Waals surface area contributed by atoms with Crippen molar-refractivity contribution in [1.82, 2.24) is 20.0 Å². The summed E-state index contributed by atoms with van der Waals surface area (Å²) in [6.45, 7) is 0.925. The Hall–Kier alpha value is -2.69. The molecule has 0 spiro atoms. The van der Waals surface area contributed by atoms with Gasteiger partial charge in [-0.1, -0.05) is 30.3 Å². The SMILES string of the molecule is Cn1cc(N2CCc3nnc(-c4ccccc4)cc32)cn1. The normalized spacial score (nSPS) is 13.5. The van der Waals surface area contributed by atoms with E-state index in [0.717, 1.165) is 41.3 Å². The molecule has 4 rings (SSSR count). The fraction of sp³-hybridized carbons (Fsp3) is 0.188. The Morgan fingerprint density at radius 1 is 1.10 bits per heavy atom. The van der Waals surface area contributed by atoms with Gasteiger partial charge >= 0.3 is 0 Å². The van der Waals surface area contributed by atoms with Gasteiger partial charge in [0.15, 0.2) is 0 Å². The van der Waals surface area contributed by atoms with Crippen molar-refractivity contribution in [3.63, 3.8) is 0 Å². The van der Waals surface area contributed by atoms with Gasteiger partial charge in [0, 0.05) is 31.8 Å². The zero-order valence-electron chi connectivity index (χ0n) is 11.8. The van der Waals surface area contributed by atoms with Crippen molar-refractivity contribution in [2.24, 2.45) is 7.05 Å². The minimum Gasteiger partial charge on any atom is -0.337 e. The summed E-state index contributed by atoms with van der Waals surface area (Å²) in [5.74, 6) is 0. The largest absolute Gasteiger partial charge is 0.337 e. The average Bonchev–Trinajstić information content (AvgIpc) is 3.13. The van der Waals surface area contributed by atoms with Crippen molar-refractivity contribution in [2.45, 2.75) is 6.42 Å². The van der Waals surface area contributed by atoms with Gasteiger partial charge in [-0.3, -0.25) is 4.68 Å². The molecule has 0 N–H and O–H groups in total. The molecule has 0 atom stereocenters. The van der Waals surface area contributed by atoms with Crippen LogP contribution in [0.2, 0.25) is 0 Å². The van der Waals surface area contributed by atoms with Crippen LogP contribution >= 0.6 is 0 Å². The third kappa shape index (κ3) is 2.07. The molecule has 5 nitrogen and oxygen atoms in total. The highest BCUT2D eigenvalue weighted by Crippen LogP contribution is 2.34.